The monoisotopic (exact) mass is 140 g/mol. The highest BCUT2D eigenvalue weighted by molar-refractivity contribution is 4.97. The molecule has 0 spiro atoms. The second kappa shape index (κ2) is 3.20. The molecule has 1 fully saturated rings. The molecule has 1 nitrogen and oxygen atoms in total. The zero-order valence-electron chi connectivity index (χ0n) is 6.47. The molecule has 1 N–H and O–H groups in total. The van der Waals surface area contributed by atoms with E-state index in [-0.39, 0.29) is 0 Å². The van der Waals surface area contributed by atoms with Gasteiger partial charge in [0.2, 0.25) is 0 Å². The highest BCUT2D eigenvalue weighted by atomic mass is 16.3. The quantitative estimate of drug-likeness (QED) is 0.595. The number of hydrogen-bond donors (Lipinski definition) is 1. The van der Waals surface area contributed by atoms with Gasteiger partial charge in [-0.2, -0.15) is 0 Å². The molecule has 1 aliphatic rings. The summed E-state index contributed by atoms with van der Waals surface area (Å²) in [4.78, 5) is 0. The van der Waals surface area contributed by atoms with Gasteiger partial charge in [-0.3, -0.25) is 0 Å². The molecule has 0 aromatic heterocycles. The van der Waals surface area contributed by atoms with Crippen LogP contribution >= 0.6 is 0 Å². The largest absolute Gasteiger partial charge is 0.396 e. The molecule has 0 bridgehead atoms. The van der Waals surface area contributed by atoms with Crippen LogP contribution < -0.4 is 0 Å². The Morgan fingerprint density at radius 1 is 1.40 bits per heavy atom. The Hall–Kier alpha value is -0.300. The summed E-state index contributed by atoms with van der Waals surface area (Å²) >= 11 is 0. The molecule has 0 unspecified atom stereocenters. The standard InChI is InChI=1S/C9H16O/c1-2-9(7-8-10)5-3-4-6-9/h2,10H,1,3-8H2. The van der Waals surface area contributed by atoms with Crippen molar-refractivity contribution in [1.29, 1.82) is 0 Å². The zero-order valence-corrected chi connectivity index (χ0v) is 6.47. The average Bonchev–Trinajstić information content (AvgIpc) is 2.39. The molecule has 0 radical (unpaired) electrons. The summed E-state index contributed by atoms with van der Waals surface area (Å²) in [6.45, 7) is 4.13. The highest BCUT2D eigenvalue weighted by Gasteiger charge is 2.29. The van der Waals surface area contributed by atoms with Gasteiger partial charge in [-0.15, -0.1) is 6.58 Å². The van der Waals surface area contributed by atoms with E-state index in [0.29, 0.717) is 12.0 Å². The fraction of sp³-hybridized carbons (Fsp3) is 0.778. The third-order valence-electron chi connectivity index (χ3n) is 2.64. The normalized spacial score (nSPS) is 22.9. The van der Waals surface area contributed by atoms with Crippen molar-refractivity contribution in [3.05, 3.63) is 12.7 Å². The zero-order chi connectivity index (χ0) is 7.45. The van der Waals surface area contributed by atoms with E-state index in [2.05, 4.69) is 6.58 Å². The van der Waals surface area contributed by atoms with Crippen molar-refractivity contribution in [1.82, 2.24) is 0 Å². The second-order valence-corrected chi connectivity index (χ2v) is 3.25. The van der Waals surface area contributed by atoms with E-state index < -0.39 is 0 Å². The van der Waals surface area contributed by atoms with Crippen LogP contribution in [0.2, 0.25) is 0 Å². The maximum Gasteiger partial charge on any atom is 0.0439 e. The van der Waals surface area contributed by atoms with Crippen molar-refractivity contribution in [2.24, 2.45) is 5.41 Å². The third-order valence-corrected chi connectivity index (χ3v) is 2.64. The van der Waals surface area contributed by atoms with Crippen molar-refractivity contribution in [2.75, 3.05) is 6.61 Å². The topological polar surface area (TPSA) is 20.2 Å². The van der Waals surface area contributed by atoms with E-state index in [9.17, 15) is 0 Å². The molecular formula is C9H16O. The highest BCUT2D eigenvalue weighted by Crippen LogP contribution is 2.41. The number of aliphatic hydroxyl groups excluding tert-OH is 1. The summed E-state index contributed by atoms with van der Waals surface area (Å²) in [5.41, 5.74) is 0.300. The second-order valence-electron chi connectivity index (χ2n) is 3.25. The fourth-order valence-electron chi connectivity index (χ4n) is 1.86. The number of aliphatic hydroxyl groups is 1. The molecule has 1 aliphatic carbocycles. The molecule has 10 heavy (non-hydrogen) atoms. The maximum atomic E-state index is 8.78. The summed E-state index contributed by atoms with van der Waals surface area (Å²) in [5, 5.41) is 8.78. The smallest absolute Gasteiger partial charge is 0.0439 e. The number of hydrogen-bond acceptors (Lipinski definition) is 1. The van der Waals surface area contributed by atoms with Crippen molar-refractivity contribution >= 4 is 0 Å². The predicted molar refractivity (Wildman–Crippen MR) is 42.8 cm³/mol. The van der Waals surface area contributed by atoms with E-state index in [1.165, 1.54) is 25.7 Å². The summed E-state index contributed by atoms with van der Waals surface area (Å²) < 4.78 is 0. The molecular weight excluding hydrogens is 124 g/mol. The minimum absolute atomic E-state index is 0.300. The summed E-state index contributed by atoms with van der Waals surface area (Å²) in [5.74, 6) is 0. The molecule has 0 atom stereocenters. The van der Waals surface area contributed by atoms with Crippen molar-refractivity contribution in [2.45, 2.75) is 32.1 Å². The molecule has 0 aromatic rings. The van der Waals surface area contributed by atoms with Crippen molar-refractivity contribution < 1.29 is 5.11 Å². The van der Waals surface area contributed by atoms with Gasteiger partial charge in [0, 0.05) is 6.61 Å². The predicted octanol–water partition coefficient (Wildman–Crippen LogP) is 2.12. The van der Waals surface area contributed by atoms with Crippen LogP contribution in [-0.2, 0) is 0 Å². The molecule has 0 aliphatic heterocycles. The molecule has 1 saturated carbocycles. The first-order valence-electron chi connectivity index (χ1n) is 4.07. The molecule has 1 rings (SSSR count). The number of allylic oxidation sites excluding steroid dienone is 1. The van der Waals surface area contributed by atoms with E-state index in [4.69, 9.17) is 5.11 Å². The van der Waals surface area contributed by atoms with Crippen molar-refractivity contribution in [3.8, 4) is 0 Å². The van der Waals surface area contributed by atoms with Crippen LogP contribution in [0.15, 0.2) is 12.7 Å². The van der Waals surface area contributed by atoms with Gasteiger partial charge in [-0.25, -0.2) is 0 Å². The van der Waals surface area contributed by atoms with Gasteiger partial charge in [0.05, 0.1) is 0 Å². The van der Waals surface area contributed by atoms with E-state index in [1.807, 2.05) is 6.08 Å². The molecule has 0 aromatic carbocycles. The summed E-state index contributed by atoms with van der Waals surface area (Å²) in [6, 6.07) is 0. The Bertz CT molecular complexity index is 112. The van der Waals surface area contributed by atoms with Gasteiger partial charge in [0.1, 0.15) is 0 Å². The minimum atomic E-state index is 0.300. The Labute approximate surface area is 62.8 Å². The lowest BCUT2D eigenvalue weighted by Gasteiger charge is -2.22. The third kappa shape index (κ3) is 1.40. The van der Waals surface area contributed by atoms with Gasteiger partial charge < -0.3 is 5.11 Å². The molecule has 0 saturated heterocycles. The molecule has 0 amide bonds. The minimum Gasteiger partial charge on any atom is -0.396 e. The first-order valence-corrected chi connectivity index (χ1v) is 4.07. The average molecular weight is 140 g/mol. The summed E-state index contributed by atoms with van der Waals surface area (Å²) in [6.07, 6.45) is 8.04. The van der Waals surface area contributed by atoms with Gasteiger partial charge in [0.25, 0.3) is 0 Å². The van der Waals surface area contributed by atoms with Crippen LogP contribution in [0.4, 0.5) is 0 Å². The first-order chi connectivity index (χ1) is 4.83. The lowest BCUT2D eigenvalue weighted by molar-refractivity contribution is 0.222. The summed E-state index contributed by atoms with van der Waals surface area (Å²) in [7, 11) is 0. The first kappa shape index (κ1) is 7.80. The maximum absolute atomic E-state index is 8.78. The van der Waals surface area contributed by atoms with Crippen LogP contribution in [0.1, 0.15) is 32.1 Å². The van der Waals surface area contributed by atoms with Crippen LogP contribution in [0.5, 0.6) is 0 Å². The fourth-order valence-corrected chi connectivity index (χ4v) is 1.86. The van der Waals surface area contributed by atoms with Gasteiger partial charge in [-0.1, -0.05) is 18.9 Å². The molecule has 1 heteroatoms. The molecule has 58 valence electrons. The Kier molecular flexibility index (Phi) is 2.50. The van der Waals surface area contributed by atoms with E-state index >= 15 is 0 Å². The van der Waals surface area contributed by atoms with Gasteiger partial charge in [0.15, 0.2) is 0 Å². The van der Waals surface area contributed by atoms with Crippen molar-refractivity contribution in [3.63, 3.8) is 0 Å². The Morgan fingerprint density at radius 3 is 2.40 bits per heavy atom. The van der Waals surface area contributed by atoms with E-state index in [0.717, 1.165) is 6.42 Å². The van der Waals surface area contributed by atoms with Gasteiger partial charge in [-0.05, 0) is 24.7 Å². The Balaban J connectivity index is 2.49. The number of rotatable bonds is 3. The SMILES string of the molecule is C=CC1(CCO)CCCC1. The van der Waals surface area contributed by atoms with Crippen LogP contribution in [0.3, 0.4) is 0 Å². The lowest BCUT2D eigenvalue weighted by atomic mass is 9.83. The lowest BCUT2D eigenvalue weighted by Crippen LogP contribution is -2.13. The van der Waals surface area contributed by atoms with E-state index in [1.54, 1.807) is 0 Å². The Morgan fingerprint density at radius 2 is 2.00 bits per heavy atom. The van der Waals surface area contributed by atoms with Gasteiger partial charge >= 0.3 is 0 Å². The van der Waals surface area contributed by atoms with Crippen LogP contribution in [-0.4, -0.2) is 11.7 Å². The molecule has 0 heterocycles. The van der Waals surface area contributed by atoms with Crippen LogP contribution in [0, 0.1) is 5.41 Å². The van der Waals surface area contributed by atoms with Crippen LogP contribution in [0.25, 0.3) is 0 Å².